The number of aryl methyl sites for hydroxylation is 1. The summed E-state index contributed by atoms with van der Waals surface area (Å²) >= 11 is 0. The Bertz CT molecular complexity index is 389. The van der Waals surface area contributed by atoms with E-state index in [-0.39, 0.29) is 0 Å². The average molecular weight is 250 g/mol. The van der Waals surface area contributed by atoms with E-state index in [1.54, 1.807) is 0 Å². The van der Waals surface area contributed by atoms with E-state index >= 15 is 0 Å². The molecule has 2 aliphatic heterocycles. The zero-order valence-corrected chi connectivity index (χ0v) is 11.0. The molecule has 0 aromatic carbocycles. The molecule has 0 aliphatic carbocycles. The summed E-state index contributed by atoms with van der Waals surface area (Å²) in [5, 5.41) is 12.2. The van der Waals surface area contributed by atoms with Crippen molar-refractivity contribution < 1.29 is 0 Å². The van der Waals surface area contributed by atoms with Gasteiger partial charge in [-0.2, -0.15) is 0 Å². The van der Waals surface area contributed by atoms with Crippen LogP contribution >= 0.6 is 0 Å². The molecular formula is C12H22N6. The fourth-order valence-corrected chi connectivity index (χ4v) is 3.53. The van der Waals surface area contributed by atoms with Crippen molar-refractivity contribution in [2.45, 2.75) is 56.7 Å². The third kappa shape index (κ3) is 2.03. The third-order valence-electron chi connectivity index (χ3n) is 4.60. The van der Waals surface area contributed by atoms with Crippen LogP contribution in [0, 0.1) is 0 Å². The average Bonchev–Trinajstić information content (AvgIpc) is 2.89. The highest BCUT2D eigenvalue weighted by molar-refractivity contribution is 5.04. The van der Waals surface area contributed by atoms with Crippen LogP contribution in [0.4, 0.5) is 0 Å². The number of nitrogens with two attached hydrogens (primary N) is 1. The molecule has 1 aromatic rings. The van der Waals surface area contributed by atoms with Crippen LogP contribution in [0.15, 0.2) is 0 Å². The Kier molecular flexibility index (Phi) is 3.30. The Hall–Kier alpha value is -1.01. The van der Waals surface area contributed by atoms with Crippen molar-refractivity contribution in [2.24, 2.45) is 5.73 Å². The standard InChI is InChI=1S/C12H22N6/c1-17-10-3-4-11(17)8-9(7-10)12-14-15-16-18(12)6-2-5-13/h9-11H,2-8,13H2,1H3. The summed E-state index contributed by atoms with van der Waals surface area (Å²) in [4.78, 5) is 2.55. The van der Waals surface area contributed by atoms with Gasteiger partial charge in [0, 0.05) is 24.5 Å². The van der Waals surface area contributed by atoms with Gasteiger partial charge >= 0.3 is 0 Å². The molecule has 2 N–H and O–H groups in total. The third-order valence-corrected chi connectivity index (χ3v) is 4.60. The van der Waals surface area contributed by atoms with Crippen LogP contribution in [-0.4, -0.2) is 50.8 Å². The van der Waals surface area contributed by atoms with Crippen LogP contribution in [0.5, 0.6) is 0 Å². The smallest absolute Gasteiger partial charge is 0.154 e. The van der Waals surface area contributed by atoms with E-state index in [9.17, 15) is 0 Å². The van der Waals surface area contributed by atoms with Crippen molar-refractivity contribution in [3.8, 4) is 0 Å². The highest BCUT2D eigenvalue weighted by atomic mass is 15.5. The fourth-order valence-electron chi connectivity index (χ4n) is 3.53. The molecule has 3 rings (SSSR count). The summed E-state index contributed by atoms with van der Waals surface area (Å²) in [5.74, 6) is 1.61. The first kappa shape index (κ1) is 12.0. The van der Waals surface area contributed by atoms with Crippen molar-refractivity contribution in [2.75, 3.05) is 13.6 Å². The lowest BCUT2D eigenvalue weighted by molar-refractivity contribution is 0.157. The molecule has 2 fully saturated rings. The van der Waals surface area contributed by atoms with E-state index in [4.69, 9.17) is 5.73 Å². The Morgan fingerprint density at radius 2 is 2.00 bits per heavy atom. The van der Waals surface area contributed by atoms with Gasteiger partial charge in [0.15, 0.2) is 5.82 Å². The molecule has 18 heavy (non-hydrogen) atoms. The maximum Gasteiger partial charge on any atom is 0.154 e. The normalized spacial score (nSPS) is 32.0. The second kappa shape index (κ2) is 4.93. The monoisotopic (exact) mass is 250 g/mol. The summed E-state index contributed by atoms with van der Waals surface area (Å²) in [5.41, 5.74) is 5.56. The van der Waals surface area contributed by atoms with Crippen molar-refractivity contribution in [1.82, 2.24) is 25.1 Å². The van der Waals surface area contributed by atoms with Crippen LogP contribution in [0.2, 0.25) is 0 Å². The van der Waals surface area contributed by atoms with Gasteiger partial charge in [-0.15, -0.1) is 5.10 Å². The molecular weight excluding hydrogens is 228 g/mol. The number of aromatic nitrogens is 4. The minimum absolute atomic E-state index is 0.534. The van der Waals surface area contributed by atoms with Crippen molar-refractivity contribution in [3.05, 3.63) is 5.82 Å². The lowest BCUT2D eigenvalue weighted by Crippen LogP contribution is -2.39. The zero-order chi connectivity index (χ0) is 12.5. The van der Waals surface area contributed by atoms with Crippen LogP contribution in [0.3, 0.4) is 0 Å². The van der Waals surface area contributed by atoms with Gasteiger partial charge in [-0.1, -0.05) is 0 Å². The van der Waals surface area contributed by atoms with Gasteiger partial charge in [0.1, 0.15) is 0 Å². The number of piperidine rings is 1. The molecule has 2 bridgehead atoms. The number of hydrogen-bond acceptors (Lipinski definition) is 5. The van der Waals surface area contributed by atoms with Crippen molar-refractivity contribution in [1.29, 1.82) is 0 Å². The molecule has 2 unspecified atom stereocenters. The predicted octanol–water partition coefficient (Wildman–Crippen LogP) is 0.362. The second-order valence-corrected chi connectivity index (χ2v) is 5.62. The van der Waals surface area contributed by atoms with E-state index in [0.29, 0.717) is 12.5 Å². The van der Waals surface area contributed by atoms with E-state index in [1.165, 1.54) is 25.7 Å². The van der Waals surface area contributed by atoms with E-state index in [0.717, 1.165) is 30.9 Å². The molecule has 0 radical (unpaired) electrons. The number of tetrazole rings is 1. The first-order valence-electron chi connectivity index (χ1n) is 6.97. The van der Waals surface area contributed by atoms with Gasteiger partial charge in [0.25, 0.3) is 0 Å². The Morgan fingerprint density at radius 1 is 1.28 bits per heavy atom. The SMILES string of the molecule is CN1C2CCC1CC(c1nnnn1CCCN)C2. The largest absolute Gasteiger partial charge is 0.330 e. The molecule has 1 aromatic heterocycles. The molecule has 3 heterocycles. The second-order valence-electron chi connectivity index (χ2n) is 5.62. The molecule has 6 nitrogen and oxygen atoms in total. The van der Waals surface area contributed by atoms with Gasteiger partial charge in [-0.05, 0) is 56.1 Å². The molecule has 2 saturated heterocycles. The fraction of sp³-hybridized carbons (Fsp3) is 0.917. The van der Waals surface area contributed by atoms with Gasteiger partial charge in [0.2, 0.25) is 0 Å². The molecule has 2 atom stereocenters. The highest BCUT2D eigenvalue weighted by Crippen LogP contribution is 2.41. The predicted molar refractivity (Wildman–Crippen MR) is 68.0 cm³/mol. The summed E-state index contributed by atoms with van der Waals surface area (Å²) in [6, 6.07) is 1.46. The first-order chi connectivity index (χ1) is 8.79. The number of hydrogen-bond donors (Lipinski definition) is 1. The summed E-state index contributed by atoms with van der Waals surface area (Å²) in [7, 11) is 2.26. The topological polar surface area (TPSA) is 72.9 Å². The van der Waals surface area contributed by atoms with Gasteiger partial charge < -0.3 is 10.6 Å². The van der Waals surface area contributed by atoms with Crippen molar-refractivity contribution >= 4 is 0 Å². The number of nitrogens with zero attached hydrogens (tertiary/aromatic N) is 5. The minimum Gasteiger partial charge on any atom is -0.330 e. The van der Waals surface area contributed by atoms with Gasteiger partial charge in [0.05, 0.1) is 0 Å². The number of fused-ring (bicyclic) bond motifs is 2. The summed E-state index contributed by atoms with van der Waals surface area (Å²) in [6.45, 7) is 1.54. The maximum atomic E-state index is 5.56. The number of rotatable bonds is 4. The van der Waals surface area contributed by atoms with Crippen LogP contribution in [0.25, 0.3) is 0 Å². The summed E-state index contributed by atoms with van der Waals surface area (Å²) in [6.07, 6.45) is 6.02. The summed E-state index contributed by atoms with van der Waals surface area (Å²) < 4.78 is 1.96. The Balaban J connectivity index is 1.74. The van der Waals surface area contributed by atoms with Gasteiger partial charge in [-0.3, -0.25) is 0 Å². The lowest BCUT2D eigenvalue weighted by Gasteiger charge is -2.35. The van der Waals surface area contributed by atoms with E-state index < -0.39 is 0 Å². The molecule has 6 heteroatoms. The van der Waals surface area contributed by atoms with Crippen LogP contribution in [0.1, 0.15) is 43.8 Å². The quantitative estimate of drug-likeness (QED) is 0.835. The molecule has 2 aliphatic rings. The molecule has 100 valence electrons. The van der Waals surface area contributed by atoms with Crippen molar-refractivity contribution in [3.63, 3.8) is 0 Å². The van der Waals surface area contributed by atoms with Crippen LogP contribution < -0.4 is 5.73 Å². The molecule has 0 saturated carbocycles. The van der Waals surface area contributed by atoms with E-state index in [1.807, 2.05) is 4.68 Å². The first-order valence-corrected chi connectivity index (χ1v) is 6.97. The maximum absolute atomic E-state index is 5.56. The lowest BCUT2D eigenvalue weighted by atomic mass is 9.90. The van der Waals surface area contributed by atoms with Crippen LogP contribution in [-0.2, 0) is 6.54 Å². The molecule has 0 amide bonds. The highest BCUT2D eigenvalue weighted by Gasteiger charge is 2.40. The van der Waals surface area contributed by atoms with Gasteiger partial charge in [-0.25, -0.2) is 4.68 Å². The zero-order valence-electron chi connectivity index (χ0n) is 11.0. The van der Waals surface area contributed by atoms with E-state index in [2.05, 4.69) is 27.5 Å². The Labute approximate surface area is 108 Å². The Morgan fingerprint density at radius 3 is 2.67 bits per heavy atom. The molecule has 0 spiro atoms. The minimum atomic E-state index is 0.534.